The van der Waals surface area contributed by atoms with Gasteiger partial charge >= 0.3 is 0 Å². The molecule has 446 valence electrons. The van der Waals surface area contributed by atoms with Crippen LogP contribution in [0.2, 0.25) is 0 Å². The van der Waals surface area contributed by atoms with Gasteiger partial charge in [0.25, 0.3) is 0 Å². The van der Waals surface area contributed by atoms with E-state index in [2.05, 4.69) is 301 Å². The van der Waals surface area contributed by atoms with Crippen molar-refractivity contribution in [3.8, 4) is 66.8 Å². The van der Waals surface area contributed by atoms with Crippen molar-refractivity contribution in [2.75, 3.05) is 19.6 Å². The Bertz CT molecular complexity index is 4890. The third-order valence-electron chi connectivity index (χ3n) is 17.2. The Labute approximate surface area is 553 Å². The SMILES string of the molecule is [2H]c1c([2H])c([2H])c(-c2cccc(-c3cccc(C(C)(C)C)c3)c2N2[CH-]N(c3[c-]c(N(c4[c-]c5c(cc4)-c4ccc(-c6ccccc6)cc4-c4ccccc4N5c4cc(C(C)(C)C)ccn4)c4ccccc4)cc(-c4ccc(C(C)(C)C)cc4)c3)c3ccccc32)c([2H])c1[2H].[Pt]. The van der Waals surface area contributed by atoms with Crippen molar-refractivity contribution >= 4 is 57.0 Å². The summed E-state index contributed by atoms with van der Waals surface area (Å²) in [5.41, 5.74) is 21.2. The first kappa shape index (κ1) is 53.5. The van der Waals surface area contributed by atoms with Gasteiger partial charge in [0.2, 0.25) is 0 Å². The number of hydrogen-bond acceptors (Lipinski definition) is 5. The van der Waals surface area contributed by atoms with E-state index < -0.39 is 18.1 Å². The summed E-state index contributed by atoms with van der Waals surface area (Å²) in [6.45, 7) is 22.1. The maximum absolute atomic E-state index is 9.43. The minimum absolute atomic E-state index is 0. The first-order chi connectivity index (χ1) is 45.1. The molecular formula is C84H72N5Pt-3. The number of hydrogen-bond donors (Lipinski definition) is 0. The van der Waals surface area contributed by atoms with E-state index in [1.165, 1.54) is 5.56 Å². The quantitative estimate of drug-likeness (QED) is 0.127. The van der Waals surface area contributed by atoms with Crippen molar-refractivity contribution < 1.29 is 27.9 Å². The van der Waals surface area contributed by atoms with Gasteiger partial charge in [-0.2, -0.15) is 6.07 Å². The van der Waals surface area contributed by atoms with Crippen LogP contribution in [0.3, 0.4) is 0 Å². The smallest absolute Gasteiger partial charge is 0.135 e. The normalized spacial score (nSPS) is 13.5. The molecule has 0 unspecified atom stereocenters. The zero-order valence-electron chi connectivity index (χ0n) is 57.1. The Morgan fingerprint density at radius 3 is 1.69 bits per heavy atom. The summed E-state index contributed by atoms with van der Waals surface area (Å²) in [6, 6.07) is 87.4. The molecule has 12 aromatic rings. The number of fused-ring (bicyclic) bond motifs is 6. The van der Waals surface area contributed by atoms with Gasteiger partial charge in [-0.3, -0.25) is 0 Å². The molecule has 11 aromatic carbocycles. The van der Waals surface area contributed by atoms with Crippen LogP contribution in [0.4, 0.5) is 57.0 Å². The first-order valence-electron chi connectivity index (χ1n) is 33.1. The van der Waals surface area contributed by atoms with Gasteiger partial charge in [-0.25, -0.2) is 4.98 Å². The van der Waals surface area contributed by atoms with Crippen molar-refractivity contribution in [2.45, 2.75) is 78.6 Å². The van der Waals surface area contributed by atoms with Crippen molar-refractivity contribution in [1.29, 1.82) is 0 Å². The predicted molar refractivity (Wildman–Crippen MR) is 375 cm³/mol. The molecule has 2 aliphatic rings. The topological polar surface area (TPSA) is 25.9 Å². The second-order valence-electron chi connectivity index (χ2n) is 26.3. The van der Waals surface area contributed by atoms with Gasteiger partial charge in [0, 0.05) is 66.7 Å². The summed E-state index contributed by atoms with van der Waals surface area (Å²) in [6.07, 6.45) is 1.92. The monoisotopic (exact) mass is 1350 g/mol. The minimum Gasteiger partial charge on any atom is -0.493 e. The van der Waals surface area contributed by atoms with Crippen molar-refractivity contribution in [2.24, 2.45) is 0 Å². The van der Waals surface area contributed by atoms with Gasteiger partial charge in [-0.1, -0.05) is 273 Å². The van der Waals surface area contributed by atoms with E-state index in [0.717, 1.165) is 118 Å². The molecule has 6 heteroatoms. The minimum atomic E-state index is -0.445. The number of pyridine rings is 1. The van der Waals surface area contributed by atoms with Gasteiger partial charge in [0.15, 0.2) is 0 Å². The van der Waals surface area contributed by atoms with Crippen LogP contribution < -0.4 is 19.6 Å². The fourth-order valence-electron chi connectivity index (χ4n) is 12.4. The molecule has 3 heterocycles. The Morgan fingerprint density at radius 2 is 0.978 bits per heavy atom. The second kappa shape index (κ2) is 23.8. The molecule has 2 aliphatic heterocycles. The number of aromatic nitrogens is 1. The molecule has 0 bridgehead atoms. The standard InChI is InChI=1S/C84H72N5.Pt/c1-82(2,3)63-42-39-58(40-43-63)62-50-68(86-56-87(78-38-22-21-37-77(78)86)81-70(59-27-15-11-16-28-59)34-24-35-71(81)61-29-23-30-64(49-61)83(4,5)6)54-69(51-62)88(66-31-17-12-18-32-66)67-44-46-74-72-45-41-60(57-25-13-10-14-26-57)52-75(72)73-33-19-20-36-76(73)89(79(74)55-67)80-53-65(47-48-85-80)84(7,8)9;/h10-53,56H,1-9H3;/q-3;/i11D,15D,16D,27D,28D;. The molecule has 0 amide bonds. The molecule has 0 atom stereocenters. The largest absolute Gasteiger partial charge is 0.493 e. The molecule has 0 N–H and O–H groups in total. The second-order valence-corrected chi connectivity index (χ2v) is 26.3. The Kier molecular flexibility index (Phi) is 14.1. The van der Waals surface area contributed by atoms with Crippen molar-refractivity contribution in [3.63, 3.8) is 0 Å². The molecule has 0 aliphatic carbocycles. The van der Waals surface area contributed by atoms with Crippen LogP contribution in [0.15, 0.2) is 267 Å². The summed E-state index contributed by atoms with van der Waals surface area (Å²) < 4.78 is 45.4. The average molecular weight is 1350 g/mol. The van der Waals surface area contributed by atoms with E-state index in [1.54, 1.807) is 0 Å². The summed E-state index contributed by atoms with van der Waals surface area (Å²) in [5.74, 6) is 0.775. The molecule has 0 saturated carbocycles. The molecule has 0 saturated heterocycles. The number of anilines is 10. The molecule has 90 heavy (non-hydrogen) atoms. The summed E-state index contributed by atoms with van der Waals surface area (Å²) in [4.78, 5) is 14.0. The predicted octanol–water partition coefficient (Wildman–Crippen LogP) is 23.2. The zero-order valence-corrected chi connectivity index (χ0v) is 54.4. The Morgan fingerprint density at radius 1 is 0.400 bits per heavy atom. The molecule has 0 fully saturated rings. The van der Waals surface area contributed by atoms with Gasteiger partial charge in [-0.15, -0.1) is 53.8 Å². The molecule has 0 spiro atoms. The van der Waals surface area contributed by atoms with E-state index in [-0.39, 0.29) is 55.0 Å². The van der Waals surface area contributed by atoms with E-state index in [9.17, 15) is 2.74 Å². The molecule has 5 nitrogen and oxygen atoms in total. The summed E-state index contributed by atoms with van der Waals surface area (Å²) in [5, 5.41) is 0. The molecule has 14 rings (SSSR count). The van der Waals surface area contributed by atoms with E-state index in [4.69, 9.17) is 9.10 Å². The fraction of sp³-hybridized carbons (Fsp3) is 0.143. The van der Waals surface area contributed by atoms with Crippen molar-refractivity contribution in [3.05, 3.63) is 302 Å². The van der Waals surface area contributed by atoms with E-state index in [1.807, 2.05) is 36.5 Å². The van der Waals surface area contributed by atoms with Crippen LogP contribution in [0.25, 0.3) is 66.8 Å². The van der Waals surface area contributed by atoms with Crippen LogP contribution in [0.5, 0.6) is 0 Å². The van der Waals surface area contributed by atoms with Crippen molar-refractivity contribution in [1.82, 2.24) is 4.98 Å². The maximum atomic E-state index is 9.43. The van der Waals surface area contributed by atoms with E-state index in [0.29, 0.717) is 11.3 Å². The fourth-order valence-corrected chi connectivity index (χ4v) is 12.4. The number of nitrogens with zero attached hydrogens (tertiary/aromatic N) is 5. The first-order valence-corrected chi connectivity index (χ1v) is 30.6. The van der Waals surface area contributed by atoms with E-state index >= 15 is 0 Å². The Balaban J connectivity index is 0.00000818. The van der Waals surface area contributed by atoms with Gasteiger partial charge in [0.05, 0.1) is 12.5 Å². The third kappa shape index (κ3) is 11.3. The van der Waals surface area contributed by atoms with Gasteiger partial charge in [-0.05, 0) is 115 Å². The third-order valence-corrected chi connectivity index (χ3v) is 17.2. The van der Waals surface area contributed by atoms with Crippen LogP contribution in [0.1, 0.15) is 85.9 Å². The molecule has 0 radical (unpaired) electrons. The summed E-state index contributed by atoms with van der Waals surface area (Å²) >= 11 is 0. The number of benzene rings is 11. The van der Waals surface area contributed by atoms with Crippen LogP contribution in [-0.4, -0.2) is 4.98 Å². The molecular weight excluding hydrogens is 1270 g/mol. The maximum Gasteiger partial charge on any atom is 0.135 e. The van der Waals surface area contributed by atoms with Gasteiger partial charge < -0.3 is 19.6 Å². The summed E-state index contributed by atoms with van der Waals surface area (Å²) in [7, 11) is 0. The van der Waals surface area contributed by atoms with Crippen LogP contribution in [0, 0.1) is 18.8 Å². The molecule has 1 aromatic heterocycles. The Hall–Kier alpha value is -9.54. The van der Waals surface area contributed by atoms with Gasteiger partial charge in [0.1, 0.15) is 5.82 Å². The zero-order chi connectivity index (χ0) is 65.5. The average Bonchev–Trinajstić information content (AvgIpc) is 1.67. The number of rotatable bonds is 10. The number of para-hydroxylation sites is 5. The van der Waals surface area contributed by atoms with Crippen LogP contribution in [-0.2, 0) is 37.3 Å². The van der Waals surface area contributed by atoms with Crippen LogP contribution >= 0.6 is 0 Å².